The second-order valence-electron chi connectivity index (χ2n) is 7.00. The van der Waals surface area contributed by atoms with E-state index in [4.69, 9.17) is 11.6 Å². The summed E-state index contributed by atoms with van der Waals surface area (Å²) in [5.74, 6) is 0. The molecule has 1 N–H and O–H groups in total. The molecule has 0 bridgehead atoms. The lowest BCUT2D eigenvalue weighted by Gasteiger charge is -2.35. The largest absolute Gasteiger partial charge is 0.309 e. The van der Waals surface area contributed by atoms with Gasteiger partial charge in [-0.2, -0.15) is 0 Å². The van der Waals surface area contributed by atoms with Crippen LogP contribution in [0.25, 0.3) is 0 Å². The Morgan fingerprint density at radius 3 is 2.42 bits per heavy atom. The lowest BCUT2D eigenvalue weighted by molar-refractivity contribution is 0.0715. The number of hydrogen-bond donors (Lipinski definition) is 1. The molecular formula is C18H26ClF2N3. The molecule has 0 saturated carbocycles. The van der Waals surface area contributed by atoms with Crippen LogP contribution in [0.2, 0.25) is 5.02 Å². The summed E-state index contributed by atoms with van der Waals surface area (Å²) in [5, 5.41) is 4.56. The van der Waals surface area contributed by atoms with Gasteiger partial charge in [-0.25, -0.2) is 8.78 Å². The Hall–Kier alpha value is -0.750. The van der Waals surface area contributed by atoms with E-state index in [1.165, 1.54) is 5.56 Å². The average Bonchev–Trinajstić information content (AvgIpc) is 2.90. The molecule has 0 radical (unpaired) electrons. The lowest BCUT2D eigenvalue weighted by atomic mass is 9.97. The van der Waals surface area contributed by atoms with E-state index < -0.39 is 6.43 Å². The molecule has 134 valence electrons. The Morgan fingerprint density at radius 2 is 1.79 bits per heavy atom. The predicted molar refractivity (Wildman–Crippen MR) is 93.8 cm³/mol. The van der Waals surface area contributed by atoms with Crippen molar-refractivity contribution in [3.63, 3.8) is 0 Å². The van der Waals surface area contributed by atoms with Gasteiger partial charge in [0.2, 0.25) is 0 Å². The molecule has 2 fully saturated rings. The Bertz CT molecular complexity index is 518. The van der Waals surface area contributed by atoms with Crippen LogP contribution in [0.4, 0.5) is 8.78 Å². The zero-order chi connectivity index (χ0) is 17.1. The van der Waals surface area contributed by atoms with Crippen LogP contribution in [0, 0.1) is 0 Å². The zero-order valence-electron chi connectivity index (χ0n) is 14.1. The summed E-state index contributed by atoms with van der Waals surface area (Å²) in [4.78, 5) is 4.26. The van der Waals surface area contributed by atoms with E-state index in [0.717, 1.165) is 43.9 Å². The molecule has 0 aromatic heterocycles. The summed E-state index contributed by atoms with van der Waals surface area (Å²) >= 11 is 6.01. The van der Waals surface area contributed by atoms with Crippen molar-refractivity contribution < 1.29 is 8.78 Å². The molecule has 2 saturated heterocycles. The first-order valence-corrected chi connectivity index (χ1v) is 9.13. The van der Waals surface area contributed by atoms with Gasteiger partial charge in [0.15, 0.2) is 0 Å². The van der Waals surface area contributed by atoms with Crippen LogP contribution < -0.4 is 5.32 Å². The fourth-order valence-electron chi connectivity index (χ4n) is 4.05. The highest BCUT2D eigenvalue weighted by Crippen LogP contribution is 2.32. The molecule has 2 aliphatic rings. The van der Waals surface area contributed by atoms with Crippen LogP contribution in [0.5, 0.6) is 0 Å². The van der Waals surface area contributed by atoms with E-state index in [0.29, 0.717) is 18.1 Å². The third-order valence-electron chi connectivity index (χ3n) is 5.29. The van der Waals surface area contributed by atoms with Gasteiger partial charge >= 0.3 is 0 Å². The lowest BCUT2D eigenvalue weighted by Crippen LogP contribution is -2.48. The van der Waals surface area contributed by atoms with E-state index in [1.807, 2.05) is 17.0 Å². The molecule has 3 rings (SSSR count). The van der Waals surface area contributed by atoms with E-state index in [1.54, 1.807) is 0 Å². The summed E-state index contributed by atoms with van der Waals surface area (Å²) in [6.07, 6.45) is 0.772. The molecular weight excluding hydrogens is 332 g/mol. The third kappa shape index (κ3) is 4.45. The predicted octanol–water partition coefficient (Wildman–Crippen LogP) is 3.40. The first-order chi connectivity index (χ1) is 11.5. The molecule has 0 aliphatic carbocycles. The maximum absolute atomic E-state index is 12.5. The summed E-state index contributed by atoms with van der Waals surface area (Å²) < 4.78 is 25.0. The first-order valence-electron chi connectivity index (χ1n) is 8.75. The molecule has 3 nitrogen and oxygen atoms in total. The number of rotatable bonds is 5. The molecule has 6 heteroatoms. The highest BCUT2D eigenvalue weighted by Gasteiger charge is 2.34. The standard InChI is InChI=1S/C18H26ClF2N3/c1-23-9-8-16(18(23)13-2-4-14(19)5-3-13)22-15-6-10-24(11-7-15)12-17(20)21/h2-5,15-18,22H,6-12H2,1H3/t16-,18-/m1/s1. The topological polar surface area (TPSA) is 18.5 Å². The maximum Gasteiger partial charge on any atom is 0.251 e. The number of likely N-dealkylation sites (tertiary alicyclic amines) is 2. The summed E-state index contributed by atoms with van der Waals surface area (Å²) in [6, 6.07) is 9.28. The first kappa shape index (κ1) is 18.1. The fraction of sp³-hybridized carbons (Fsp3) is 0.667. The molecule has 2 heterocycles. The normalized spacial score (nSPS) is 27.2. The molecule has 0 unspecified atom stereocenters. The Morgan fingerprint density at radius 1 is 1.12 bits per heavy atom. The van der Waals surface area contributed by atoms with Crippen LogP contribution in [0.3, 0.4) is 0 Å². The van der Waals surface area contributed by atoms with E-state index in [-0.39, 0.29) is 6.54 Å². The fourth-order valence-corrected chi connectivity index (χ4v) is 4.17. The van der Waals surface area contributed by atoms with Crippen molar-refractivity contribution >= 4 is 11.6 Å². The summed E-state index contributed by atoms with van der Waals surface area (Å²) in [7, 11) is 2.16. The van der Waals surface area contributed by atoms with E-state index in [9.17, 15) is 8.78 Å². The smallest absolute Gasteiger partial charge is 0.251 e. The van der Waals surface area contributed by atoms with Gasteiger partial charge in [0.05, 0.1) is 6.54 Å². The second kappa shape index (κ2) is 8.09. The van der Waals surface area contributed by atoms with Crippen molar-refractivity contribution in [1.82, 2.24) is 15.1 Å². The number of halogens is 3. The number of piperidine rings is 1. The average molecular weight is 358 g/mol. The minimum Gasteiger partial charge on any atom is -0.309 e. The van der Waals surface area contributed by atoms with Crippen LogP contribution in [0.1, 0.15) is 30.9 Å². The van der Waals surface area contributed by atoms with Gasteiger partial charge in [-0.15, -0.1) is 0 Å². The number of likely N-dealkylation sites (N-methyl/N-ethyl adjacent to an activating group) is 1. The Kier molecular flexibility index (Phi) is 6.08. The number of nitrogens with zero attached hydrogens (tertiary/aromatic N) is 2. The van der Waals surface area contributed by atoms with Crippen molar-refractivity contribution in [1.29, 1.82) is 0 Å². The molecule has 0 spiro atoms. The third-order valence-corrected chi connectivity index (χ3v) is 5.55. The summed E-state index contributed by atoms with van der Waals surface area (Å²) in [5.41, 5.74) is 1.28. The van der Waals surface area contributed by atoms with Gasteiger partial charge in [0, 0.05) is 29.7 Å². The highest BCUT2D eigenvalue weighted by atomic mass is 35.5. The quantitative estimate of drug-likeness (QED) is 0.871. The van der Waals surface area contributed by atoms with Gasteiger partial charge in [-0.3, -0.25) is 9.80 Å². The number of hydrogen-bond acceptors (Lipinski definition) is 3. The van der Waals surface area contributed by atoms with Crippen LogP contribution in [-0.4, -0.2) is 61.5 Å². The van der Waals surface area contributed by atoms with Gasteiger partial charge < -0.3 is 5.32 Å². The second-order valence-corrected chi connectivity index (χ2v) is 7.44. The molecule has 0 amide bonds. The number of alkyl halides is 2. The maximum atomic E-state index is 12.5. The van der Waals surface area contributed by atoms with Gasteiger partial charge in [-0.05, 0) is 57.1 Å². The van der Waals surface area contributed by atoms with Crippen molar-refractivity contribution in [3.8, 4) is 0 Å². The summed E-state index contributed by atoms with van der Waals surface area (Å²) in [6.45, 7) is 2.49. The molecule has 1 aromatic carbocycles. The van der Waals surface area contributed by atoms with Crippen LogP contribution >= 0.6 is 11.6 Å². The highest BCUT2D eigenvalue weighted by molar-refractivity contribution is 6.30. The number of benzene rings is 1. The minimum atomic E-state index is -2.23. The Balaban J connectivity index is 1.57. The molecule has 1 aromatic rings. The molecule has 24 heavy (non-hydrogen) atoms. The SMILES string of the molecule is CN1CC[C@@H](NC2CCN(CC(F)F)CC2)[C@H]1c1ccc(Cl)cc1. The van der Waals surface area contributed by atoms with Gasteiger partial charge in [-0.1, -0.05) is 23.7 Å². The van der Waals surface area contributed by atoms with Crippen molar-refractivity contribution in [2.24, 2.45) is 0 Å². The van der Waals surface area contributed by atoms with Crippen molar-refractivity contribution in [2.45, 2.75) is 43.8 Å². The van der Waals surface area contributed by atoms with Crippen molar-refractivity contribution in [3.05, 3.63) is 34.9 Å². The minimum absolute atomic E-state index is 0.0910. The van der Waals surface area contributed by atoms with Gasteiger partial charge in [0.25, 0.3) is 6.43 Å². The zero-order valence-corrected chi connectivity index (χ0v) is 14.9. The monoisotopic (exact) mass is 357 g/mol. The van der Waals surface area contributed by atoms with Crippen LogP contribution in [0.15, 0.2) is 24.3 Å². The number of nitrogens with one attached hydrogen (secondary N) is 1. The van der Waals surface area contributed by atoms with E-state index in [2.05, 4.69) is 29.4 Å². The van der Waals surface area contributed by atoms with Crippen molar-refractivity contribution in [2.75, 3.05) is 33.2 Å². The van der Waals surface area contributed by atoms with Gasteiger partial charge in [0.1, 0.15) is 0 Å². The van der Waals surface area contributed by atoms with E-state index >= 15 is 0 Å². The molecule has 2 atom stereocenters. The van der Waals surface area contributed by atoms with Crippen LogP contribution in [-0.2, 0) is 0 Å². The molecule has 2 aliphatic heterocycles. The Labute approximate surface area is 148 Å².